The number of hydrogen-bond donors (Lipinski definition) is 0. The summed E-state index contributed by atoms with van der Waals surface area (Å²) >= 11 is -0.944. The summed E-state index contributed by atoms with van der Waals surface area (Å²) in [6, 6.07) is 1.78. The Morgan fingerprint density at radius 1 is 1.37 bits per heavy atom. The second-order valence-corrected chi connectivity index (χ2v) is 24.3. The van der Waals surface area contributed by atoms with Gasteiger partial charge in [-0.05, 0) is 0 Å². The van der Waals surface area contributed by atoms with Crippen molar-refractivity contribution in [3.05, 3.63) is 10.9 Å². The van der Waals surface area contributed by atoms with Crippen LogP contribution in [0.3, 0.4) is 0 Å². The van der Waals surface area contributed by atoms with E-state index in [4.69, 9.17) is 0 Å². The van der Waals surface area contributed by atoms with Crippen molar-refractivity contribution in [1.82, 2.24) is 4.90 Å². The van der Waals surface area contributed by atoms with Crippen molar-refractivity contribution in [2.45, 2.75) is 26.6 Å². The molecule has 2 heterocycles. The minimum absolute atomic E-state index is 0.0371. The van der Waals surface area contributed by atoms with E-state index in [0.29, 0.717) is 18.0 Å². The summed E-state index contributed by atoms with van der Waals surface area (Å²) in [7, 11) is -3.31. The molecule has 0 unspecified atom stereocenters. The summed E-state index contributed by atoms with van der Waals surface area (Å²) < 4.78 is 25.7. The van der Waals surface area contributed by atoms with E-state index < -0.39 is 28.2 Å². The van der Waals surface area contributed by atoms with Crippen LogP contribution in [-0.4, -0.2) is 56.4 Å². The van der Waals surface area contributed by atoms with Gasteiger partial charge in [0.25, 0.3) is 0 Å². The molecule has 0 bridgehead atoms. The Morgan fingerprint density at radius 3 is 2.53 bits per heavy atom. The molecular formula is C12H19NO3S2Sn. The summed E-state index contributed by atoms with van der Waals surface area (Å²) in [5.74, 6) is -0.0829. The number of carbonyl (C=O) groups is 1. The van der Waals surface area contributed by atoms with Gasteiger partial charge in [-0.2, -0.15) is 0 Å². The topological polar surface area (TPSA) is 54.5 Å². The van der Waals surface area contributed by atoms with Gasteiger partial charge in [0, 0.05) is 0 Å². The fraction of sp³-hybridized carbons (Fsp3) is 0.583. The van der Waals surface area contributed by atoms with Gasteiger partial charge < -0.3 is 0 Å². The third kappa shape index (κ3) is 2.85. The molecule has 0 radical (unpaired) electrons. The number of sulfone groups is 1. The van der Waals surface area contributed by atoms with Gasteiger partial charge >= 0.3 is 123 Å². The Hall–Kier alpha value is -0.0813. The molecule has 0 saturated carbocycles. The van der Waals surface area contributed by atoms with Crippen molar-refractivity contribution in [3.8, 4) is 0 Å². The standard InChI is InChI=1S/C9H10NO3S2.3CH3.Sn/c1-2-10-4-6-15(12,13)7-3-5-14-8(7)9(10)11;;;;/h3H,2,4,6H2,1H3;3*1H3;. The van der Waals surface area contributed by atoms with E-state index in [1.807, 2.05) is 6.92 Å². The van der Waals surface area contributed by atoms with E-state index in [1.54, 1.807) is 11.0 Å². The maximum absolute atomic E-state index is 12.4. The number of carbonyl (C=O) groups excluding carboxylic acids is 1. The van der Waals surface area contributed by atoms with Crippen molar-refractivity contribution < 1.29 is 13.2 Å². The van der Waals surface area contributed by atoms with E-state index in [2.05, 4.69) is 14.8 Å². The summed E-state index contributed by atoms with van der Waals surface area (Å²) in [6.07, 6.45) is 0. The molecule has 0 atom stereocenters. The van der Waals surface area contributed by atoms with E-state index in [-0.39, 0.29) is 16.6 Å². The SMILES string of the molecule is CCN1CCS(=O)(=O)c2c[c]([Sn]([CH3])([CH3])[CH3])sc2C1=O. The Kier molecular flexibility index (Phi) is 4.06. The fourth-order valence-corrected chi connectivity index (χ4v) is 10.5. The van der Waals surface area contributed by atoms with Crippen molar-refractivity contribution >= 4 is 48.4 Å². The zero-order chi connectivity index (χ0) is 14.4. The quantitative estimate of drug-likeness (QED) is 0.698. The molecule has 1 aliphatic heterocycles. The van der Waals surface area contributed by atoms with Gasteiger partial charge in [-0.15, -0.1) is 0 Å². The van der Waals surface area contributed by atoms with Crippen molar-refractivity contribution in [1.29, 1.82) is 0 Å². The van der Waals surface area contributed by atoms with E-state index in [9.17, 15) is 13.2 Å². The number of hydrogen-bond acceptors (Lipinski definition) is 4. The first-order valence-electron chi connectivity index (χ1n) is 6.33. The Bertz CT molecular complexity index is 613. The average Bonchev–Trinajstić information content (AvgIpc) is 2.71. The van der Waals surface area contributed by atoms with Gasteiger partial charge in [-0.3, -0.25) is 0 Å². The summed E-state index contributed by atoms with van der Waals surface area (Å²) in [5.41, 5.74) is 0. The van der Waals surface area contributed by atoms with Gasteiger partial charge in [0.2, 0.25) is 0 Å². The second kappa shape index (κ2) is 5.03. The molecule has 0 fully saturated rings. The molecular weight excluding hydrogens is 389 g/mol. The second-order valence-electron chi connectivity index (χ2n) is 5.76. The van der Waals surface area contributed by atoms with Crippen LogP contribution < -0.4 is 2.89 Å². The van der Waals surface area contributed by atoms with E-state index in [0.717, 1.165) is 2.89 Å². The molecule has 0 saturated heterocycles. The van der Waals surface area contributed by atoms with Crippen LogP contribution in [0.25, 0.3) is 0 Å². The molecule has 1 amide bonds. The number of amides is 1. The average molecular weight is 408 g/mol. The molecule has 0 aromatic carbocycles. The van der Waals surface area contributed by atoms with Crippen LogP contribution in [0, 0.1) is 0 Å². The predicted molar refractivity (Wildman–Crippen MR) is 80.9 cm³/mol. The fourth-order valence-electron chi connectivity index (χ4n) is 2.01. The monoisotopic (exact) mass is 409 g/mol. The van der Waals surface area contributed by atoms with Gasteiger partial charge in [0.15, 0.2) is 0 Å². The first-order chi connectivity index (χ1) is 8.66. The molecule has 0 spiro atoms. The molecule has 7 heteroatoms. The summed E-state index contributed by atoms with van der Waals surface area (Å²) in [5, 5.41) is 0. The molecule has 106 valence electrons. The third-order valence-corrected chi connectivity index (χ3v) is 15.7. The molecule has 2 rings (SSSR count). The van der Waals surface area contributed by atoms with Gasteiger partial charge in [-0.25, -0.2) is 0 Å². The molecule has 1 aromatic heterocycles. The normalized spacial score (nSPS) is 19.2. The Balaban J connectivity index is 2.64. The predicted octanol–water partition coefficient (Wildman–Crippen LogP) is 1.54. The first kappa shape index (κ1) is 15.3. The molecule has 1 aliphatic rings. The number of nitrogens with zero attached hydrogens (tertiary/aromatic N) is 1. The third-order valence-electron chi connectivity index (χ3n) is 3.27. The van der Waals surface area contributed by atoms with E-state index in [1.165, 1.54) is 11.3 Å². The van der Waals surface area contributed by atoms with Crippen LogP contribution in [0.1, 0.15) is 16.6 Å². The van der Waals surface area contributed by atoms with Crippen LogP contribution in [-0.2, 0) is 9.84 Å². The van der Waals surface area contributed by atoms with Crippen molar-refractivity contribution in [3.63, 3.8) is 0 Å². The van der Waals surface area contributed by atoms with Crippen LogP contribution >= 0.6 is 11.3 Å². The minimum atomic E-state index is -3.31. The molecule has 4 nitrogen and oxygen atoms in total. The Morgan fingerprint density at radius 2 is 2.00 bits per heavy atom. The van der Waals surface area contributed by atoms with Crippen molar-refractivity contribution in [2.24, 2.45) is 0 Å². The molecule has 19 heavy (non-hydrogen) atoms. The molecule has 0 N–H and O–H groups in total. The van der Waals surface area contributed by atoms with Crippen LogP contribution in [0.15, 0.2) is 11.0 Å². The zero-order valence-electron chi connectivity index (χ0n) is 11.7. The molecule has 1 aromatic rings. The van der Waals surface area contributed by atoms with Crippen LogP contribution in [0.2, 0.25) is 14.8 Å². The van der Waals surface area contributed by atoms with Gasteiger partial charge in [0.05, 0.1) is 0 Å². The molecule has 0 aliphatic carbocycles. The number of thiophene rings is 1. The van der Waals surface area contributed by atoms with Crippen molar-refractivity contribution in [2.75, 3.05) is 18.8 Å². The van der Waals surface area contributed by atoms with Crippen LogP contribution in [0.4, 0.5) is 0 Å². The summed E-state index contributed by atoms with van der Waals surface area (Å²) in [6.45, 7) is 2.74. The summed E-state index contributed by atoms with van der Waals surface area (Å²) in [4.78, 5) is 21.4. The zero-order valence-corrected chi connectivity index (χ0v) is 16.2. The van der Waals surface area contributed by atoms with E-state index >= 15 is 0 Å². The number of rotatable bonds is 2. The van der Waals surface area contributed by atoms with Crippen LogP contribution in [0.5, 0.6) is 0 Å². The number of fused-ring (bicyclic) bond motifs is 1. The van der Waals surface area contributed by atoms with Gasteiger partial charge in [-0.1, -0.05) is 0 Å². The first-order valence-corrected chi connectivity index (χ1v) is 18.8. The van der Waals surface area contributed by atoms with Gasteiger partial charge in [0.1, 0.15) is 0 Å². The maximum atomic E-state index is 12.4. The Labute approximate surface area is 122 Å².